The Bertz CT molecular complexity index is 179. The van der Waals surface area contributed by atoms with Gasteiger partial charge in [-0.3, -0.25) is 5.32 Å². The van der Waals surface area contributed by atoms with Crippen molar-refractivity contribution in [3.8, 4) is 0 Å². The molecular formula is C6H9NO4. The summed E-state index contributed by atoms with van der Waals surface area (Å²) in [7, 11) is 0. The minimum Gasteiger partial charge on any atom is -0.479 e. The summed E-state index contributed by atoms with van der Waals surface area (Å²) in [5, 5.41) is 19.7. The average molecular weight is 159 g/mol. The molecule has 0 saturated carbocycles. The van der Waals surface area contributed by atoms with Crippen LogP contribution in [0.3, 0.4) is 0 Å². The van der Waals surface area contributed by atoms with Crippen LogP contribution in [-0.4, -0.2) is 34.2 Å². The monoisotopic (exact) mass is 159 g/mol. The van der Waals surface area contributed by atoms with Crippen LogP contribution in [0.2, 0.25) is 0 Å². The average Bonchev–Trinajstić information content (AvgIpc) is 2.34. The molecular weight excluding hydrogens is 150 g/mol. The molecule has 62 valence electrons. The van der Waals surface area contributed by atoms with Gasteiger partial charge in [-0.05, 0) is 19.4 Å². The van der Waals surface area contributed by atoms with Gasteiger partial charge in [0.05, 0.1) is 0 Å². The lowest BCUT2D eigenvalue weighted by atomic mass is 9.98. The van der Waals surface area contributed by atoms with E-state index in [9.17, 15) is 9.59 Å². The Hall–Kier alpha value is -1.10. The number of nitrogens with one attached hydrogen (secondary N) is 1. The Balaban J connectivity index is 2.87. The highest BCUT2D eigenvalue weighted by molar-refractivity contribution is 6.03. The Morgan fingerprint density at radius 1 is 1.27 bits per heavy atom. The maximum atomic E-state index is 10.5. The third kappa shape index (κ3) is 1.07. The van der Waals surface area contributed by atoms with Gasteiger partial charge >= 0.3 is 11.9 Å². The molecule has 0 aromatic heterocycles. The van der Waals surface area contributed by atoms with Crippen molar-refractivity contribution in [3.05, 3.63) is 0 Å². The van der Waals surface area contributed by atoms with Crippen molar-refractivity contribution in [2.45, 2.75) is 18.4 Å². The summed E-state index contributed by atoms with van der Waals surface area (Å²) in [6, 6.07) is 0. The van der Waals surface area contributed by atoms with Gasteiger partial charge in [-0.25, -0.2) is 9.59 Å². The number of rotatable bonds is 2. The molecule has 1 aliphatic heterocycles. The van der Waals surface area contributed by atoms with Crippen molar-refractivity contribution in [2.24, 2.45) is 0 Å². The Morgan fingerprint density at radius 3 is 2.00 bits per heavy atom. The van der Waals surface area contributed by atoms with Crippen LogP contribution >= 0.6 is 0 Å². The van der Waals surface area contributed by atoms with E-state index in [1.54, 1.807) is 0 Å². The van der Waals surface area contributed by atoms with Crippen LogP contribution in [0.15, 0.2) is 0 Å². The first kappa shape index (κ1) is 8.00. The quantitative estimate of drug-likeness (QED) is 0.463. The molecule has 0 aliphatic carbocycles. The fourth-order valence-electron chi connectivity index (χ4n) is 1.20. The minimum atomic E-state index is -1.72. The highest BCUT2D eigenvalue weighted by atomic mass is 16.4. The van der Waals surface area contributed by atoms with Gasteiger partial charge in [-0.2, -0.15) is 0 Å². The summed E-state index contributed by atoms with van der Waals surface area (Å²) in [6.07, 6.45) is 0.760. The highest BCUT2D eigenvalue weighted by Gasteiger charge is 2.48. The van der Waals surface area contributed by atoms with Gasteiger partial charge in [0, 0.05) is 0 Å². The zero-order valence-electron chi connectivity index (χ0n) is 5.83. The summed E-state index contributed by atoms with van der Waals surface area (Å²) in [5.41, 5.74) is -1.72. The SMILES string of the molecule is O=C(O)C1(C(=O)O)CCCN1. The van der Waals surface area contributed by atoms with E-state index in [2.05, 4.69) is 5.32 Å². The summed E-state index contributed by atoms with van der Waals surface area (Å²) in [6.45, 7) is 0.457. The van der Waals surface area contributed by atoms with Crippen molar-refractivity contribution in [1.29, 1.82) is 0 Å². The molecule has 11 heavy (non-hydrogen) atoms. The summed E-state index contributed by atoms with van der Waals surface area (Å²) < 4.78 is 0. The van der Waals surface area contributed by atoms with E-state index in [1.807, 2.05) is 0 Å². The van der Waals surface area contributed by atoms with E-state index >= 15 is 0 Å². The normalized spacial score (nSPS) is 21.5. The van der Waals surface area contributed by atoms with Crippen LogP contribution in [-0.2, 0) is 9.59 Å². The van der Waals surface area contributed by atoms with Crippen LogP contribution < -0.4 is 5.32 Å². The molecule has 1 heterocycles. The number of carboxylic acid groups (broad SMARTS) is 2. The number of carbonyl (C=O) groups is 2. The Labute approximate surface area is 63.0 Å². The van der Waals surface area contributed by atoms with Gasteiger partial charge in [-0.15, -0.1) is 0 Å². The van der Waals surface area contributed by atoms with E-state index in [0.29, 0.717) is 13.0 Å². The predicted molar refractivity (Wildman–Crippen MR) is 35.2 cm³/mol. The third-order valence-electron chi connectivity index (χ3n) is 1.89. The van der Waals surface area contributed by atoms with E-state index in [1.165, 1.54) is 0 Å². The molecule has 0 atom stereocenters. The van der Waals surface area contributed by atoms with E-state index < -0.39 is 17.5 Å². The van der Waals surface area contributed by atoms with Crippen molar-refractivity contribution in [2.75, 3.05) is 6.54 Å². The highest BCUT2D eigenvalue weighted by Crippen LogP contribution is 2.19. The molecule has 0 spiro atoms. The van der Waals surface area contributed by atoms with Gasteiger partial charge in [0.15, 0.2) is 0 Å². The van der Waals surface area contributed by atoms with Crippen LogP contribution in [0, 0.1) is 0 Å². The van der Waals surface area contributed by atoms with Crippen LogP contribution in [0.5, 0.6) is 0 Å². The molecule has 0 bridgehead atoms. The Morgan fingerprint density at radius 2 is 1.82 bits per heavy atom. The molecule has 0 unspecified atom stereocenters. The van der Waals surface area contributed by atoms with Crippen molar-refractivity contribution < 1.29 is 19.8 Å². The van der Waals surface area contributed by atoms with E-state index in [0.717, 1.165) is 0 Å². The smallest absolute Gasteiger partial charge is 0.335 e. The molecule has 5 nitrogen and oxygen atoms in total. The third-order valence-corrected chi connectivity index (χ3v) is 1.89. The van der Waals surface area contributed by atoms with Gasteiger partial charge in [0.25, 0.3) is 0 Å². The van der Waals surface area contributed by atoms with Crippen LogP contribution in [0.25, 0.3) is 0 Å². The van der Waals surface area contributed by atoms with Gasteiger partial charge in [-0.1, -0.05) is 0 Å². The largest absolute Gasteiger partial charge is 0.479 e. The number of carboxylic acids is 2. The lowest BCUT2D eigenvalue weighted by Crippen LogP contribution is -2.54. The zero-order valence-corrected chi connectivity index (χ0v) is 5.83. The second-order valence-electron chi connectivity index (χ2n) is 2.55. The second-order valence-corrected chi connectivity index (χ2v) is 2.55. The van der Waals surface area contributed by atoms with Gasteiger partial charge in [0.2, 0.25) is 5.54 Å². The van der Waals surface area contributed by atoms with Crippen LogP contribution in [0.1, 0.15) is 12.8 Å². The number of hydrogen-bond donors (Lipinski definition) is 3. The predicted octanol–water partition coefficient (Wildman–Crippen LogP) is -0.722. The maximum Gasteiger partial charge on any atom is 0.335 e. The topological polar surface area (TPSA) is 86.6 Å². The maximum absolute atomic E-state index is 10.5. The van der Waals surface area contributed by atoms with E-state index in [4.69, 9.17) is 10.2 Å². The van der Waals surface area contributed by atoms with Gasteiger partial charge in [0.1, 0.15) is 0 Å². The molecule has 0 radical (unpaired) electrons. The molecule has 1 aliphatic rings. The fraction of sp³-hybridized carbons (Fsp3) is 0.667. The number of hydrogen-bond acceptors (Lipinski definition) is 3. The molecule has 0 aromatic carbocycles. The van der Waals surface area contributed by atoms with Crippen molar-refractivity contribution in [1.82, 2.24) is 5.32 Å². The lowest BCUT2D eigenvalue weighted by molar-refractivity contribution is -0.158. The number of aliphatic carboxylic acids is 2. The van der Waals surface area contributed by atoms with Crippen LogP contribution in [0.4, 0.5) is 0 Å². The minimum absolute atomic E-state index is 0.164. The zero-order chi connectivity index (χ0) is 8.48. The molecule has 5 heteroatoms. The fourth-order valence-corrected chi connectivity index (χ4v) is 1.20. The first-order chi connectivity index (χ1) is 5.09. The summed E-state index contributed by atoms with van der Waals surface area (Å²) in [4.78, 5) is 21.0. The molecule has 1 fully saturated rings. The summed E-state index contributed by atoms with van der Waals surface area (Å²) in [5.74, 6) is -2.61. The first-order valence-electron chi connectivity index (χ1n) is 3.31. The van der Waals surface area contributed by atoms with Gasteiger partial charge < -0.3 is 10.2 Å². The van der Waals surface area contributed by atoms with E-state index in [-0.39, 0.29) is 6.42 Å². The lowest BCUT2D eigenvalue weighted by Gasteiger charge is -2.17. The molecule has 1 saturated heterocycles. The molecule has 0 amide bonds. The first-order valence-corrected chi connectivity index (χ1v) is 3.31. The molecule has 0 aromatic rings. The summed E-state index contributed by atoms with van der Waals surface area (Å²) >= 11 is 0. The standard InChI is InChI=1S/C6H9NO4/c8-4(9)6(5(10)11)2-1-3-7-6/h7H,1-3H2,(H,8,9)(H,10,11). The Kier molecular flexibility index (Phi) is 1.82. The second kappa shape index (κ2) is 2.50. The molecule has 3 N–H and O–H groups in total. The van der Waals surface area contributed by atoms with Crippen molar-refractivity contribution >= 4 is 11.9 Å². The van der Waals surface area contributed by atoms with Crippen molar-refractivity contribution in [3.63, 3.8) is 0 Å². The molecule has 1 rings (SSSR count).